The molecule has 0 heteroatoms. The minimum Gasteiger partial charge on any atom is -0.0871 e. The van der Waals surface area contributed by atoms with Gasteiger partial charge in [-0.3, -0.25) is 0 Å². The van der Waals surface area contributed by atoms with Crippen molar-refractivity contribution in [2.24, 2.45) is 0 Å². The molecule has 0 saturated carbocycles. The van der Waals surface area contributed by atoms with Crippen molar-refractivity contribution in [2.45, 2.75) is 21.3 Å². The summed E-state index contributed by atoms with van der Waals surface area (Å²) in [6.07, 6.45) is 8.33. The van der Waals surface area contributed by atoms with E-state index >= 15 is 0 Å². The maximum atomic E-state index is 2.17. The predicted molar refractivity (Wildman–Crippen MR) is 88.0 cm³/mol. The van der Waals surface area contributed by atoms with Crippen LogP contribution in [0.15, 0.2) is 60.7 Å². The molecule has 19 heavy (non-hydrogen) atoms. The molecule has 0 amide bonds. The Morgan fingerprint density at radius 2 is 0.895 bits per heavy atom. The van der Waals surface area contributed by atoms with Crippen LogP contribution < -0.4 is 0 Å². The molecule has 2 aromatic carbocycles. The third kappa shape index (κ3) is 3.96. The molecule has 0 N–H and O–H groups in total. The highest BCUT2D eigenvalue weighted by molar-refractivity contribution is 5.67. The van der Waals surface area contributed by atoms with Gasteiger partial charge in [0.25, 0.3) is 0 Å². The van der Waals surface area contributed by atoms with Gasteiger partial charge in [-0.25, -0.2) is 0 Å². The average Bonchev–Trinajstić information content (AvgIpc) is 2.41. The average molecular weight is 250 g/mol. The van der Waals surface area contributed by atoms with Gasteiger partial charge in [-0.05, 0) is 36.1 Å². The van der Waals surface area contributed by atoms with Crippen LogP contribution >= 0.6 is 0 Å². The van der Waals surface area contributed by atoms with Crippen LogP contribution in [0, 0.1) is 0 Å². The smallest absolute Gasteiger partial charge is 0.0184 e. The van der Waals surface area contributed by atoms with Crippen molar-refractivity contribution in [1.82, 2.24) is 0 Å². The number of hydrogen-bond acceptors (Lipinski definition) is 0. The van der Waals surface area contributed by atoms with Crippen molar-refractivity contribution >= 4 is 12.2 Å². The Morgan fingerprint density at radius 3 is 1.16 bits per heavy atom. The van der Waals surface area contributed by atoms with Crippen molar-refractivity contribution < 1.29 is 0 Å². The van der Waals surface area contributed by atoms with Crippen molar-refractivity contribution in [3.63, 3.8) is 0 Å². The Bertz CT molecular complexity index is 486. The fraction of sp³-hybridized carbons (Fsp3) is 0.158. The molecule has 0 aromatic heterocycles. The summed E-state index contributed by atoms with van der Waals surface area (Å²) in [7, 11) is 0. The van der Waals surface area contributed by atoms with Crippen molar-refractivity contribution in [2.75, 3.05) is 0 Å². The van der Waals surface area contributed by atoms with Gasteiger partial charge < -0.3 is 0 Å². The first-order valence-corrected chi connectivity index (χ1v) is 6.29. The highest BCUT2D eigenvalue weighted by Crippen LogP contribution is 2.21. The molecule has 0 unspecified atom stereocenters. The van der Waals surface area contributed by atoms with Gasteiger partial charge in [0.2, 0.25) is 0 Å². The van der Waals surface area contributed by atoms with Gasteiger partial charge in [0, 0.05) is 0 Å². The zero-order valence-electron chi connectivity index (χ0n) is 10.9. The second-order valence-corrected chi connectivity index (χ2v) is 4.24. The zero-order chi connectivity index (χ0) is 12.8. The van der Waals surface area contributed by atoms with E-state index in [4.69, 9.17) is 0 Å². The summed E-state index contributed by atoms with van der Waals surface area (Å²) in [5, 5.41) is 0. The molecule has 0 saturated heterocycles. The summed E-state index contributed by atoms with van der Waals surface area (Å²) in [5.74, 6) is 0. The third-order valence-electron chi connectivity index (χ3n) is 2.87. The molecule has 0 aliphatic heterocycles. The minimum absolute atomic E-state index is 0. The fourth-order valence-electron chi connectivity index (χ4n) is 1.96. The predicted octanol–water partition coefficient (Wildman–Crippen LogP) is 6.06. The standard InChI is InChI=1S/C18H18.CH4/c1-3-5-15-7-11-17(12-8-15)18-13-9-16(6-4-2)10-14-18;/h3-14H,1-2H3;1H4/b5-3+,6-4+;. The van der Waals surface area contributed by atoms with Crippen LogP contribution in [0.1, 0.15) is 32.4 Å². The summed E-state index contributed by atoms with van der Waals surface area (Å²) in [4.78, 5) is 0. The molecular formula is C19H22. The van der Waals surface area contributed by atoms with Crippen molar-refractivity contribution in [3.05, 3.63) is 71.8 Å². The van der Waals surface area contributed by atoms with Gasteiger partial charge in [0.05, 0.1) is 0 Å². The molecule has 0 bridgehead atoms. The van der Waals surface area contributed by atoms with Crippen molar-refractivity contribution in [3.8, 4) is 11.1 Å². The molecule has 0 aliphatic rings. The van der Waals surface area contributed by atoms with Crippen LogP contribution in [0.25, 0.3) is 23.3 Å². The third-order valence-corrected chi connectivity index (χ3v) is 2.87. The molecule has 2 rings (SSSR count). The lowest BCUT2D eigenvalue weighted by atomic mass is 10.0. The lowest BCUT2D eigenvalue weighted by molar-refractivity contribution is 1.58. The fourth-order valence-corrected chi connectivity index (χ4v) is 1.96. The summed E-state index contributed by atoms with van der Waals surface area (Å²) in [6.45, 7) is 4.07. The van der Waals surface area contributed by atoms with Gasteiger partial charge in [-0.1, -0.05) is 80.3 Å². The number of hydrogen-bond donors (Lipinski definition) is 0. The van der Waals surface area contributed by atoms with E-state index < -0.39 is 0 Å². The summed E-state index contributed by atoms with van der Waals surface area (Å²) >= 11 is 0. The van der Waals surface area contributed by atoms with E-state index in [0.717, 1.165) is 0 Å². The Balaban J connectivity index is 0.00000180. The molecule has 0 atom stereocenters. The van der Waals surface area contributed by atoms with E-state index in [1.54, 1.807) is 0 Å². The SMILES string of the molecule is C.C/C=C/c1ccc(-c2ccc(/C=C/C)cc2)cc1. The van der Waals surface area contributed by atoms with Crippen molar-refractivity contribution in [1.29, 1.82) is 0 Å². The van der Waals surface area contributed by atoms with Crippen LogP contribution in [-0.4, -0.2) is 0 Å². The summed E-state index contributed by atoms with van der Waals surface area (Å²) in [6, 6.07) is 17.3. The largest absolute Gasteiger partial charge is 0.0871 e. The van der Waals surface area contributed by atoms with E-state index in [1.807, 2.05) is 13.8 Å². The van der Waals surface area contributed by atoms with E-state index in [9.17, 15) is 0 Å². The van der Waals surface area contributed by atoms with Gasteiger partial charge in [-0.15, -0.1) is 0 Å². The highest BCUT2D eigenvalue weighted by Gasteiger charge is 1.96. The molecule has 98 valence electrons. The molecule has 0 fully saturated rings. The Hall–Kier alpha value is -2.08. The topological polar surface area (TPSA) is 0 Å². The maximum Gasteiger partial charge on any atom is -0.0184 e. The van der Waals surface area contributed by atoms with Crippen LogP contribution in [0.2, 0.25) is 0 Å². The Morgan fingerprint density at radius 1 is 0.579 bits per heavy atom. The molecule has 0 radical (unpaired) electrons. The van der Waals surface area contributed by atoms with Gasteiger partial charge in [0.15, 0.2) is 0 Å². The highest BCUT2D eigenvalue weighted by atomic mass is 14.0. The normalized spacial score (nSPS) is 10.8. The second kappa shape index (κ2) is 7.38. The number of allylic oxidation sites excluding steroid dienone is 2. The van der Waals surface area contributed by atoms with E-state index in [0.29, 0.717) is 0 Å². The lowest BCUT2D eigenvalue weighted by Crippen LogP contribution is -1.79. The molecule has 0 nitrogen and oxygen atoms in total. The summed E-state index contributed by atoms with van der Waals surface area (Å²) < 4.78 is 0. The minimum atomic E-state index is 0. The second-order valence-electron chi connectivity index (χ2n) is 4.24. The Kier molecular flexibility index (Phi) is 5.81. The van der Waals surface area contributed by atoms with E-state index in [2.05, 4.69) is 72.8 Å². The number of rotatable bonds is 3. The first-order valence-electron chi connectivity index (χ1n) is 6.29. The molecule has 0 heterocycles. The molecule has 2 aromatic rings. The van der Waals surface area contributed by atoms with Crippen LogP contribution in [0.4, 0.5) is 0 Å². The Labute approximate surface area is 117 Å². The zero-order valence-corrected chi connectivity index (χ0v) is 10.9. The van der Waals surface area contributed by atoms with Crippen LogP contribution in [0.5, 0.6) is 0 Å². The number of benzene rings is 2. The lowest BCUT2D eigenvalue weighted by Gasteiger charge is -2.03. The van der Waals surface area contributed by atoms with Gasteiger partial charge >= 0.3 is 0 Å². The van der Waals surface area contributed by atoms with E-state index in [-0.39, 0.29) is 7.43 Å². The quantitative estimate of drug-likeness (QED) is 0.621. The van der Waals surface area contributed by atoms with Crippen LogP contribution in [-0.2, 0) is 0 Å². The molecule has 0 aliphatic carbocycles. The maximum absolute atomic E-state index is 2.17. The first-order chi connectivity index (χ1) is 8.83. The van der Waals surface area contributed by atoms with E-state index in [1.165, 1.54) is 22.3 Å². The monoisotopic (exact) mass is 250 g/mol. The molecule has 0 spiro atoms. The first kappa shape index (κ1) is 15.0. The van der Waals surface area contributed by atoms with Crippen LogP contribution in [0.3, 0.4) is 0 Å². The van der Waals surface area contributed by atoms with Gasteiger partial charge in [-0.2, -0.15) is 0 Å². The van der Waals surface area contributed by atoms with Gasteiger partial charge in [0.1, 0.15) is 0 Å². The molecular weight excluding hydrogens is 228 g/mol. The summed E-state index contributed by atoms with van der Waals surface area (Å²) in [5.41, 5.74) is 5.00.